The number of cyclic esters (lactones) is 2. The fraction of sp³-hybridized carbons (Fsp3) is 0.444. The van der Waals surface area contributed by atoms with E-state index in [0.717, 1.165) is 5.56 Å². The summed E-state index contributed by atoms with van der Waals surface area (Å²) >= 11 is 0. The van der Waals surface area contributed by atoms with Crippen LogP contribution in [0, 0.1) is 0 Å². The SMILES string of the molecule is CC1(C)OC(=O)CC(=O)O1.CCOC(=O)CC(=O)Cc1ccccc1. The van der Waals surface area contributed by atoms with Crippen molar-refractivity contribution >= 4 is 23.7 Å². The molecule has 1 aromatic carbocycles. The fourth-order valence-electron chi connectivity index (χ4n) is 2.02. The van der Waals surface area contributed by atoms with Crippen molar-refractivity contribution in [3.63, 3.8) is 0 Å². The second-order valence-electron chi connectivity index (χ2n) is 5.71. The number of esters is 3. The lowest BCUT2D eigenvalue weighted by atomic mass is 10.1. The van der Waals surface area contributed by atoms with Gasteiger partial charge in [-0.05, 0) is 12.5 Å². The molecule has 0 bridgehead atoms. The first-order valence-electron chi connectivity index (χ1n) is 7.86. The van der Waals surface area contributed by atoms with Gasteiger partial charge in [0.15, 0.2) is 0 Å². The number of rotatable bonds is 5. The van der Waals surface area contributed by atoms with Gasteiger partial charge in [-0.25, -0.2) is 0 Å². The summed E-state index contributed by atoms with van der Waals surface area (Å²) in [4.78, 5) is 43.5. The van der Waals surface area contributed by atoms with E-state index < -0.39 is 23.7 Å². The van der Waals surface area contributed by atoms with Gasteiger partial charge in [-0.3, -0.25) is 19.2 Å². The molecular weight excluding hydrogens is 328 g/mol. The number of carbonyl (C=O) groups is 4. The quantitative estimate of drug-likeness (QED) is 0.591. The second-order valence-corrected chi connectivity index (χ2v) is 5.71. The van der Waals surface area contributed by atoms with Gasteiger partial charge >= 0.3 is 17.9 Å². The summed E-state index contributed by atoms with van der Waals surface area (Å²) < 4.78 is 14.0. The van der Waals surface area contributed by atoms with Crippen molar-refractivity contribution in [1.82, 2.24) is 0 Å². The Kier molecular flexibility index (Phi) is 7.78. The van der Waals surface area contributed by atoms with Crippen molar-refractivity contribution < 1.29 is 33.4 Å². The Morgan fingerprint density at radius 1 is 1.08 bits per heavy atom. The highest BCUT2D eigenvalue weighted by Crippen LogP contribution is 2.18. The molecule has 0 unspecified atom stereocenters. The molecule has 0 aromatic heterocycles. The van der Waals surface area contributed by atoms with Gasteiger partial charge in [0.25, 0.3) is 5.79 Å². The molecule has 0 radical (unpaired) electrons. The maximum atomic E-state index is 11.4. The Morgan fingerprint density at radius 2 is 1.64 bits per heavy atom. The molecular formula is C18H22O7. The predicted molar refractivity (Wildman–Crippen MR) is 87.3 cm³/mol. The van der Waals surface area contributed by atoms with Gasteiger partial charge in [-0.1, -0.05) is 30.3 Å². The van der Waals surface area contributed by atoms with Crippen LogP contribution in [-0.4, -0.2) is 36.1 Å². The zero-order valence-corrected chi connectivity index (χ0v) is 14.6. The first kappa shape index (κ1) is 20.3. The summed E-state index contributed by atoms with van der Waals surface area (Å²) in [5, 5.41) is 0. The molecule has 1 aromatic rings. The molecule has 1 fully saturated rings. The molecule has 1 aliphatic heterocycles. The van der Waals surface area contributed by atoms with Crippen LogP contribution >= 0.6 is 0 Å². The number of ketones is 1. The standard InChI is InChI=1S/C12H14O3.C6H8O4/c1-2-15-12(14)9-11(13)8-10-6-4-3-5-7-10;1-6(2)9-4(7)3-5(8)10-6/h3-7H,2,8-9H2,1H3;3H2,1-2H3. The summed E-state index contributed by atoms with van der Waals surface area (Å²) in [6.45, 7) is 5.07. The van der Waals surface area contributed by atoms with Crippen molar-refractivity contribution in [2.24, 2.45) is 0 Å². The van der Waals surface area contributed by atoms with E-state index in [1.807, 2.05) is 30.3 Å². The lowest BCUT2D eigenvalue weighted by molar-refractivity contribution is -0.231. The summed E-state index contributed by atoms with van der Waals surface area (Å²) in [6, 6.07) is 9.35. The molecule has 136 valence electrons. The van der Waals surface area contributed by atoms with E-state index in [-0.39, 0.29) is 18.6 Å². The van der Waals surface area contributed by atoms with E-state index in [4.69, 9.17) is 4.74 Å². The van der Waals surface area contributed by atoms with Crippen molar-refractivity contribution in [2.45, 2.75) is 45.8 Å². The van der Waals surface area contributed by atoms with E-state index in [9.17, 15) is 19.2 Å². The Bertz CT molecular complexity index is 602. The zero-order chi connectivity index (χ0) is 18.9. The van der Waals surface area contributed by atoms with Crippen molar-refractivity contribution in [3.8, 4) is 0 Å². The molecule has 1 saturated heterocycles. The van der Waals surface area contributed by atoms with Crippen LogP contribution in [0.3, 0.4) is 0 Å². The van der Waals surface area contributed by atoms with Gasteiger partial charge < -0.3 is 14.2 Å². The molecule has 7 nitrogen and oxygen atoms in total. The maximum Gasteiger partial charge on any atom is 0.320 e. The molecule has 0 amide bonds. The number of Topliss-reactive ketones (excluding diaryl/α,β-unsaturated/α-hetero) is 1. The Labute approximate surface area is 146 Å². The average molecular weight is 350 g/mol. The van der Waals surface area contributed by atoms with E-state index in [1.54, 1.807) is 6.92 Å². The third kappa shape index (κ3) is 8.64. The molecule has 0 N–H and O–H groups in total. The topological polar surface area (TPSA) is 96.0 Å². The number of ether oxygens (including phenoxy) is 3. The minimum absolute atomic E-state index is 0.111. The highest BCUT2D eigenvalue weighted by atomic mass is 16.7. The van der Waals surface area contributed by atoms with E-state index in [2.05, 4.69) is 9.47 Å². The molecule has 2 rings (SSSR count). The maximum absolute atomic E-state index is 11.4. The number of hydrogen-bond acceptors (Lipinski definition) is 7. The van der Waals surface area contributed by atoms with Gasteiger partial charge in [0.1, 0.15) is 18.6 Å². The van der Waals surface area contributed by atoms with Crippen LogP contribution < -0.4 is 0 Å². The van der Waals surface area contributed by atoms with Gasteiger partial charge in [0.05, 0.1) is 6.61 Å². The second kappa shape index (κ2) is 9.56. The van der Waals surface area contributed by atoms with Crippen molar-refractivity contribution in [1.29, 1.82) is 0 Å². The monoisotopic (exact) mass is 350 g/mol. The Morgan fingerprint density at radius 3 is 2.12 bits per heavy atom. The normalized spacial score (nSPS) is 15.2. The average Bonchev–Trinajstić information content (AvgIpc) is 2.46. The molecule has 0 spiro atoms. The third-order valence-corrected chi connectivity index (χ3v) is 2.90. The van der Waals surface area contributed by atoms with Crippen LogP contribution in [-0.2, 0) is 39.8 Å². The van der Waals surface area contributed by atoms with Crippen molar-refractivity contribution in [2.75, 3.05) is 6.61 Å². The third-order valence-electron chi connectivity index (χ3n) is 2.90. The molecule has 25 heavy (non-hydrogen) atoms. The minimum atomic E-state index is -1.08. The largest absolute Gasteiger partial charge is 0.466 e. The fourth-order valence-corrected chi connectivity index (χ4v) is 2.02. The highest BCUT2D eigenvalue weighted by molar-refractivity contribution is 5.96. The van der Waals surface area contributed by atoms with Crippen LogP contribution in [0.15, 0.2) is 30.3 Å². The van der Waals surface area contributed by atoms with E-state index in [0.29, 0.717) is 13.0 Å². The molecule has 0 saturated carbocycles. The predicted octanol–water partition coefficient (Wildman–Crippen LogP) is 1.96. The van der Waals surface area contributed by atoms with Gasteiger partial charge in [-0.2, -0.15) is 0 Å². The van der Waals surface area contributed by atoms with E-state index >= 15 is 0 Å². The Balaban J connectivity index is 0.000000271. The lowest BCUT2D eigenvalue weighted by Crippen LogP contribution is -2.39. The zero-order valence-electron chi connectivity index (χ0n) is 14.6. The first-order valence-corrected chi connectivity index (χ1v) is 7.86. The minimum Gasteiger partial charge on any atom is -0.466 e. The van der Waals surface area contributed by atoms with Crippen LogP contribution in [0.4, 0.5) is 0 Å². The molecule has 0 atom stereocenters. The first-order chi connectivity index (χ1) is 11.7. The molecule has 1 heterocycles. The Hall–Kier alpha value is -2.70. The smallest absolute Gasteiger partial charge is 0.320 e. The highest BCUT2D eigenvalue weighted by Gasteiger charge is 2.34. The van der Waals surface area contributed by atoms with Gasteiger partial charge in [0, 0.05) is 20.3 Å². The summed E-state index contributed by atoms with van der Waals surface area (Å²) in [6.07, 6.45) is -0.119. The van der Waals surface area contributed by atoms with Crippen LogP contribution in [0.1, 0.15) is 39.2 Å². The summed E-state index contributed by atoms with van der Waals surface area (Å²) in [5.74, 6) is -2.69. The van der Waals surface area contributed by atoms with Crippen LogP contribution in [0.5, 0.6) is 0 Å². The number of carbonyl (C=O) groups excluding carboxylic acids is 4. The van der Waals surface area contributed by atoms with E-state index in [1.165, 1.54) is 13.8 Å². The van der Waals surface area contributed by atoms with Gasteiger partial charge in [0.2, 0.25) is 0 Å². The number of benzene rings is 1. The number of hydrogen-bond donors (Lipinski definition) is 0. The summed E-state index contributed by atoms with van der Waals surface area (Å²) in [5.41, 5.74) is 0.923. The molecule has 7 heteroatoms. The lowest BCUT2D eigenvalue weighted by Gasteiger charge is -2.28. The molecule has 1 aliphatic rings. The van der Waals surface area contributed by atoms with Crippen molar-refractivity contribution in [3.05, 3.63) is 35.9 Å². The van der Waals surface area contributed by atoms with Crippen LogP contribution in [0.2, 0.25) is 0 Å². The molecule has 0 aliphatic carbocycles. The summed E-state index contributed by atoms with van der Waals surface area (Å²) in [7, 11) is 0. The van der Waals surface area contributed by atoms with Crippen LogP contribution in [0.25, 0.3) is 0 Å². The van der Waals surface area contributed by atoms with Gasteiger partial charge in [-0.15, -0.1) is 0 Å².